The van der Waals surface area contributed by atoms with Gasteiger partial charge in [-0.3, -0.25) is 9.35 Å². The number of nitrogens with one attached hydrogen (secondary N) is 1. The van der Waals surface area contributed by atoms with E-state index in [1.165, 1.54) is 66.7 Å². The molecule has 8 nitrogen and oxygen atoms in total. The molecule has 0 aliphatic carbocycles. The quantitative estimate of drug-likeness (QED) is 0.102. The molecule has 42 heavy (non-hydrogen) atoms. The van der Waals surface area contributed by atoms with E-state index in [9.17, 15) is 40.4 Å². The van der Waals surface area contributed by atoms with Crippen molar-refractivity contribution in [1.29, 1.82) is 0 Å². The predicted octanol–water partition coefficient (Wildman–Crippen LogP) is 6.70. The number of carbonyl (C=O) groups excluding carboxylic acids is 1. The van der Waals surface area contributed by atoms with Gasteiger partial charge in [-0.15, -0.1) is 0 Å². The van der Waals surface area contributed by atoms with Crippen LogP contribution in [-0.2, 0) is 23.5 Å². The van der Waals surface area contributed by atoms with Gasteiger partial charge in [0.15, 0.2) is 0 Å². The summed E-state index contributed by atoms with van der Waals surface area (Å²) in [4.78, 5) is 12.9. The maximum Gasteiger partial charge on any atom is 0.446 e. The first-order valence-corrected chi connectivity index (χ1v) is 14.2. The van der Waals surface area contributed by atoms with Crippen LogP contribution in [0.2, 0.25) is 0 Å². The normalized spacial score (nSPS) is 11.7. The maximum atomic E-state index is 13.4. The summed E-state index contributed by atoms with van der Waals surface area (Å²) in [6.07, 6.45) is 0. The summed E-state index contributed by atoms with van der Waals surface area (Å²) in [5.74, 6) is -0.799. The first kappa shape index (κ1) is 30.8. The molecule has 0 spiro atoms. The third-order valence-electron chi connectivity index (χ3n) is 5.70. The van der Waals surface area contributed by atoms with E-state index in [1.54, 1.807) is 0 Å². The van der Waals surface area contributed by atoms with E-state index in [0.717, 1.165) is 24.3 Å². The summed E-state index contributed by atoms with van der Waals surface area (Å²) in [6.45, 7) is -0.518. The van der Waals surface area contributed by atoms with Crippen molar-refractivity contribution >= 4 is 45.0 Å². The average molecular weight is 623 g/mol. The highest BCUT2D eigenvalue weighted by Gasteiger charge is 2.29. The van der Waals surface area contributed by atoms with Crippen molar-refractivity contribution in [2.75, 3.05) is 9.62 Å². The second-order valence-corrected chi connectivity index (χ2v) is 11.1. The molecule has 0 radical (unpaired) electrons. The lowest BCUT2D eigenvalue weighted by Crippen LogP contribution is -2.26. The van der Waals surface area contributed by atoms with Gasteiger partial charge in [-0.1, -0.05) is 18.2 Å². The number of thioether (sulfide) groups is 1. The molecule has 14 heteroatoms. The molecule has 0 heterocycles. The van der Waals surface area contributed by atoms with Gasteiger partial charge in [0.1, 0.15) is 18.2 Å². The Bertz CT molecular complexity index is 1650. The van der Waals surface area contributed by atoms with Crippen LogP contribution in [0.5, 0.6) is 5.75 Å². The van der Waals surface area contributed by atoms with Crippen molar-refractivity contribution < 1.29 is 45.2 Å². The zero-order valence-electron chi connectivity index (χ0n) is 21.4. The summed E-state index contributed by atoms with van der Waals surface area (Å²) in [5, 5.41) is 12.4. The SMILES string of the molecule is O=C(Nc1ccc(CO)c(N(c2ccc(F)cc2)S(=O)(=O)O)c1)c1ccc(OCc2ccc(SC(F)(F)F)cc2)cc1. The summed E-state index contributed by atoms with van der Waals surface area (Å²) >= 11 is -0.210. The predicted molar refractivity (Wildman–Crippen MR) is 150 cm³/mol. The minimum absolute atomic E-state index is 0.0564. The van der Waals surface area contributed by atoms with Crippen LogP contribution in [0.25, 0.3) is 0 Å². The lowest BCUT2D eigenvalue weighted by molar-refractivity contribution is -0.0328. The van der Waals surface area contributed by atoms with Crippen molar-refractivity contribution in [3.8, 4) is 5.75 Å². The zero-order valence-corrected chi connectivity index (χ0v) is 23.0. The standard InChI is InChI=1S/C28H22F4N2O6S2/c29-21-6-9-23(10-7-21)34(42(37,38)39)26-15-22(8-3-20(26)16-35)33-27(36)19-4-11-24(12-5-19)40-17-18-1-13-25(14-2-18)41-28(30,31)32/h1-15,35H,16-17H2,(H,33,36)(H,37,38,39). The van der Waals surface area contributed by atoms with Crippen LogP contribution in [0, 0.1) is 5.82 Å². The second kappa shape index (κ2) is 12.8. The van der Waals surface area contributed by atoms with Crippen molar-refractivity contribution in [3.05, 3.63) is 114 Å². The molecule has 4 aromatic rings. The number of aliphatic hydroxyl groups excluding tert-OH is 1. The van der Waals surface area contributed by atoms with E-state index in [4.69, 9.17) is 4.74 Å². The third kappa shape index (κ3) is 8.22. The van der Waals surface area contributed by atoms with Gasteiger partial charge in [0, 0.05) is 21.7 Å². The highest BCUT2D eigenvalue weighted by Crippen LogP contribution is 2.37. The molecule has 1 amide bonds. The van der Waals surface area contributed by atoms with E-state index < -0.39 is 34.1 Å². The molecule has 4 rings (SSSR count). The summed E-state index contributed by atoms with van der Waals surface area (Å²) in [5.41, 5.74) is -3.55. The van der Waals surface area contributed by atoms with Crippen LogP contribution in [0.15, 0.2) is 95.9 Å². The highest BCUT2D eigenvalue weighted by molar-refractivity contribution is 8.00. The van der Waals surface area contributed by atoms with Gasteiger partial charge >= 0.3 is 15.8 Å². The monoisotopic (exact) mass is 622 g/mol. The molecule has 0 aromatic heterocycles. The molecule has 4 aromatic carbocycles. The summed E-state index contributed by atoms with van der Waals surface area (Å²) in [7, 11) is -4.93. The molecular formula is C28H22F4N2O6S2. The number of anilines is 3. The molecule has 0 atom stereocenters. The van der Waals surface area contributed by atoms with Crippen molar-refractivity contribution in [2.24, 2.45) is 0 Å². The number of carbonyl (C=O) groups is 1. The molecule has 0 saturated heterocycles. The van der Waals surface area contributed by atoms with E-state index in [2.05, 4.69) is 5.32 Å². The van der Waals surface area contributed by atoms with Crippen LogP contribution in [-0.4, -0.2) is 29.5 Å². The van der Waals surface area contributed by atoms with E-state index in [1.807, 2.05) is 0 Å². The second-order valence-electron chi connectivity index (χ2n) is 8.68. The Morgan fingerprint density at radius 3 is 2.14 bits per heavy atom. The van der Waals surface area contributed by atoms with E-state index >= 15 is 0 Å². The van der Waals surface area contributed by atoms with Crippen LogP contribution < -0.4 is 14.4 Å². The van der Waals surface area contributed by atoms with Gasteiger partial charge in [0.25, 0.3) is 5.91 Å². The number of benzene rings is 4. The lowest BCUT2D eigenvalue weighted by Gasteiger charge is -2.24. The van der Waals surface area contributed by atoms with Crippen molar-refractivity contribution in [3.63, 3.8) is 0 Å². The Labute approximate surface area is 242 Å². The van der Waals surface area contributed by atoms with E-state index in [0.29, 0.717) is 15.6 Å². The zero-order chi connectivity index (χ0) is 30.5. The third-order valence-corrected chi connectivity index (χ3v) is 7.31. The maximum absolute atomic E-state index is 13.4. The first-order valence-electron chi connectivity index (χ1n) is 12.0. The molecular weight excluding hydrogens is 600 g/mol. The van der Waals surface area contributed by atoms with Crippen LogP contribution >= 0.6 is 11.8 Å². The fourth-order valence-corrected chi connectivity index (χ4v) is 5.14. The van der Waals surface area contributed by atoms with Crippen LogP contribution in [0.1, 0.15) is 21.5 Å². The van der Waals surface area contributed by atoms with E-state index in [-0.39, 0.29) is 51.5 Å². The number of hydrogen-bond acceptors (Lipinski definition) is 6. The van der Waals surface area contributed by atoms with Gasteiger partial charge in [-0.2, -0.15) is 21.6 Å². The van der Waals surface area contributed by atoms with Crippen LogP contribution in [0.3, 0.4) is 0 Å². The molecule has 0 bridgehead atoms. The van der Waals surface area contributed by atoms with Gasteiger partial charge in [-0.25, -0.2) is 8.70 Å². The molecule has 0 aliphatic heterocycles. The largest absolute Gasteiger partial charge is 0.489 e. The average Bonchev–Trinajstić information content (AvgIpc) is 2.93. The number of aliphatic hydroxyl groups is 1. The molecule has 0 unspecified atom stereocenters. The number of alkyl halides is 3. The molecule has 220 valence electrons. The Morgan fingerprint density at radius 1 is 0.929 bits per heavy atom. The fraction of sp³-hybridized carbons (Fsp3) is 0.107. The van der Waals surface area contributed by atoms with Gasteiger partial charge in [0.05, 0.1) is 18.0 Å². The number of halogens is 4. The van der Waals surface area contributed by atoms with Crippen molar-refractivity contribution in [2.45, 2.75) is 23.6 Å². The van der Waals surface area contributed by atoms with Crippen molar-refractivity contribution in [1.82, 2.24) is 0 Å². The molecule has 0 aliphatic rings. The Balaban J connectivity index is 1.45. The lowest BCUT2D eigenvalue weighted by atomic mass is 10.1. The molecule has 0 fully saturated rings. The smallest absolute Gasteiger partial charge is 0.446 e. The number of ether oxygens (including phenoxy) is 1. The van der Waals surface area contributed by atoms with Gasteiger partial charge < -0.3 is 15.2 Å². The summed E-state index contributed by atoms with van der Waals surface area (Å²) in [6, 6.07) is 20.0. The highest BCUT2D eigenvalue weighted by atomic mass is 32.2. The molecule has 0 saturated carbocycles. The van der Waals surface area contributed by atoms with Crippen LogP contribution in [0.4, 0.5) is 34.6 Å². The topological polar surface area (TPSA) is 116 Å². The van der Waals surface area contributed by atoms with Gasteiger partial charge in [-0.05, 0) is 90.1 Å². The number of nitrogens with zero attached hydrogens (tertiary/aromatic N) is 1. The Kier molecular flexibility index (Phi) is 9.41. The minimum Gasteiger partial charge on any atom is -0.489 e. The Morgan fingerprint density at radius 2 is 1.57 bits per heavy atom. The van der Waals surface area contributed by atoms with Gasteiger partial charge in [0.2, 0.25) is 0 Å². The first-order chi connectivity index (χ1) is 19.8. The number of rotatable bonds is 10. The molecule has 3 N–H and O–H groups in total. The summed E-state index contributed by atoms with van der Waals surface area (Å²) < 4.78 is 91.4. The Hall–Kier alpha value is -4.11. The number of amides is 1. The fourth-order valence-electron chi connectivity index (χ4n) is 3.80. The minimum atomic E-state index is -4.93. The number of hydrogen-bond donors (Lipinski definition) is 3.